The molecule has 4 nitrogen and oxygen atoms in total. The zero-order valence-corrected chi connectivity index (χ0v) is 12.6. The van der Waals surface area contributed by atoms with Gasteiger partial charge in [0.05, 0.1) is 30.6 Å². The summed E-state index contributed by atoms with van der Waals surface area (Å²) in [5.41, 5.74) is 3.20. The Morgan fingerprint density at radius 2 is 2.11 bits per heavy atom. The predicted molar refractivity (Wildman–Crippen MR) is 75.1 cm³/mol. The number of aliphatic hydroxyl groups is 1. The number of ether oxygens (including phenoxy) is 1. The maximum Gasteiger partial charge on any atom is 0.0779 e. The third-order valence-electron chi connectivity index (χ3n) is 4.01. The number of hydrogen-bond donors (Lipinski definition) is 1. The van der Waals surface area contributed by atoms with Crippen molar-refractivity contribution >= 4 is 0 Å². The Morgan fingerprint density at radius 1 is 1.37 bits per heavy atom. The summed E-state index contributed by atoms with van der Waals surface area (Å²) in [5.74, 6) is 0. The van der Waals surface area contributed by atoms with Gasteiger partial charge in [0.2, 0.25) is 0 Å². The van der Waals surface area contributed by atoms with E-state index in [1.165, 1.54) is 0 Å². The van der Waals surface area contributed by atoms with Crippen molar-refractivity contribution in [2.75, 3.05) is 0 Å². The van der Waals surface area contributed by atoms with Gasteiger partial charge in [0.15, 0.2) is 0 Å². The summed E-state index contributed by atoms with van der Waals surface area (Å²) in [6.45, 7) is 9.38. The van der Waals surface area contributed by atoms with E-state index in [9.17, 15) is 5.11 Å². The zero-order chi connectivity index (χ0) is 14.0. The van der Waals surface area contributed by atoms with E-state index < -0.39 is 0 Å². The van der Waals surface area contributed by atoms with Gasteiger partial charge in [0.1, 0.15) is 0 Å². The Labute approximate surface area is 115 Å². The van der Waals surface area contributed by atoms with Crippen molar-refractivity contribution in [2.45, 2.75) is 78.2 Å². The van der Waals surface area contributed by atoms with Gasteiger partial charge in [-0.15, -0.1) is 0 Å². The molecule has 0 saturated carbocycles. The molecule has 0 amide bonds. The van der Waals surface area contributed by atoms with E-state index in [0.717, 1.165) is 49.2 Å². The lowest BCUT2D eigenvalue weighted by atomic mass is 10.1. The Hall–Kier alpha value is -0.870. The first kappa shape index (κ1) is 14.5. The highest BCUT2D eigenvalue weighted by atomic mass is 16.5. The van der Waals surface area contributed by atoms with Gasteiger partial charge in [0, 0.05) is 11.3 Å². The quantitative estimate of drug-likeness (QED) is 0.890. The van der Waals surface area contributed by atoms with Crippen LogP contribution in [0.5, 0.6) is 0 Å². The third kappa shape index (κ3) is 3.00. The molecule has 4 heteroatoms. The van der Waals surface area contributed by atoms with Crippen molar-refractivity contribution in [2.24, 2.45) is 0 Å². The molecule has 2 heterocycles. The van der Waals surface area contributed by atoms with Gasteiger partial charge in [-0.2, -0.15) is 5.10 Å². The van der Waals surface area contributed by atoms with Crippen molar-refractivity contribution in [1.29, 1.82) is 0 Å². The molecule has 2 rings (SSSR count). The molecule has 108 valence electrons. The van der Waals surface area contributed by atoms with Crippen molar-refractivity contribution in [3.05, 3.63) is 17.0 Å². The second kappa shape index (κ2) is 5.63. The summed E-state index contributed by atoms with van der Waals surface area (Å²) in [4.78, 5) is 0. The van der Waals surface area contributed by atoms with Crippen LogP contribution in [0.2, 0.25) is 0 Å². The first-order valence-corrected chi connectivity index (χ1v) is 7.36. The molecule has 1 aliphatic rings. The minimum absolute atomic E-state index is 0.00239. The molecule has 0 aromatic carbocycles. The van der Waals surface area contributed by atoms with Gasteiger partial charge < -0.3 is 9.84 Å². The van der Waals surface area contributed by atoms with E-state index in [1.54, 1.807) is 0 Å². The topological polar surface area (TPSA) is 47.3 Å². The first-order chi connectivity index (χ1) is 9.00. The molecule has 19 heavy (non-hydrogen) atoms. The van der Waals surface area contributed by atoms with Gasteiger partial charge in [0.25, 0.3) is 0 Å². The monoisotopic (exact) mass is 266 g/mol. The fraction of sp³-hybridized carbons (Fsp3) is 0.800. The Morgan fingerprint density at radius 3 is 2.58 bits per heavy atom. The van der Waals surface area contributed by atoms with Crippen molar-refractivity contribution in [3.8, 4) is 0 Å². The highest BCUT2D eigenvalue weighted by Gasteiger charge is 2.32. The van der Waals surface area contributed by atoms with E-state index in [4.69, 9.17) is 4.74 Å². The number of aryl methyl sites for hydroxylation is 1. The van der Waals surface area contributed by atoms with E-state index >= 15 is 0 Å². The van der Waals surface area contributed by atoms with Crippen LogP contribution in [0.1, 0.15) is 57.5 Å². The first-order valence-electron chi connectivity index (χ1n) is 7.36. The Kier molecular flexibility index (Phi) is 4.31. The molecule has 0 radical (unpaired) electrons. The highest BCUT2D eigenvalue weighted by Crippen LogP contribution is 2.30. The predicted octanol–water partition coefficient (Wildman–Crippen LogP) is 2.46. The van der Waals surface area contributed by atoms with Crippen LogP contribution in [0.4, 0.5) is 0 Å². The molecular weight excluding hydrogens is 240 g/mol. The minimum Gasteiger partial charge on any atom is -0.392 e. The Bertz CT molecular complexity index is 438. The molecule has 1 aromatic heterocycles. The van der Waals surface area contributed by atoms with Gasteiger partial charge >= 0.3 is 0 Å². The van der Waals surface area contributed by atoms with Crippen LogP contribution in [-0.2, 0) is 30.7 Å². The fourth-order valence-electron chi connectivity index (χ4n) is 3.00. The fourth-order valence-corrected chi connectivity index (χ4v) is 3.00. The molecule has 0 bridgehead atoms. The second-order valence-electron chi connectivity index (χ2n) is 5.96. The molecule has 0 spiro atoms. The number of hydrogen-bond acceptors (Lipinski definition) is 3. The zero-order valence-electron chi connectivity index (χ0n) is 12.6. The van der Waals surface area contributed by atoms with Gasteiger partial charge in [-0.3, -0.25) is 4.68 Å². The standard InChI is InChI=1S/C15H26N2O2/c1-5-13-12(10-18)14(6-2)17(16-13)9-11-7-8-15(3,4)19-11/h11,18H,5-10H2,1-4H3. The van der Waals surface area contributed by atoms with Crippen LogP contribution in [0.15, 0.2) is 0 Å². The number of rotatable bonds is 5. The number of aromatic nitrogens is 2. The third-order valence-corrected chi connectivity index (χ3v) is 4.01. The number of aliphatic hydroxyl groups excluding tert-OH is 1. The van der Waals surface area contributed by atoms with Crippen molar-refractivity contribution in [1.82, 2.24) is 9.78 Å². The normalized spacial score (nSPS) is 22.1. The summed E-state index contributed by atoms with van der Waals surface area (Å²) in [5, 5.41) is 14.2. The molecule has 1 aromatic rings. The second-order valence-corrected chi connectivity index (χ2v) is 5.96. The van der Waals surface area contributed by atoms with Crippen LogP contribution < -0.4 is 0 Å². The smallest absolute Gasteiger partial charge is 0.0779 e. The molecule has 1 atom stereocenters. The maximum absolute atomic E-state index is 9.53. The molecule has 1 fully saturated rings. The summed E-state index contributed by atoms with van der Waals surface area (Å²) < 4.78 is 8.10. The van der Waals surface area contributed by atoms with Crippen LogP contribution in [-0.4, -0.2) is 26.6 Å². The molecule has 1 saturated heterocycles. The summed E-state index contributed by atoms with van der Waals surface area (Å²) in [7, 11) is 0. The van der Waals surface area contributed by atoms with Crippen LogP contribution >= 0.6 is 0 Å². The van der Waals surface area contributed by atoms with E-state index in [0.29, 0.717) is 0 Å². The lowest BCUT2D eigenvalue weighted by Gasteiger charge is -2.19. The summed E-state index contributed by atoms with van der Waals surface area (Å²) >= 11 is 0. The van der Waals surface area contributed by atoms with Crippen LogP contribution in [0, 0.1) is 0 Å². The van der Waals surface area contributed by atoms with Gasteiger partial charge in [-0.1, -0.05) is 13.8 Å². The van der Waals surface area contributed by atoms with E-state index in [-0.39, 0.29) is 18.3 Å². The van der Waals surface area contributed by atoms with Crippen molar-refractivity contribution in [3.63, 3.8) is 0 Å². The van der Waals surface area contributed by atoms with Crippen LogP contribution in [0.3, 0.4) is 0 Å². The average Bonchev–Trinajstić information content (AvgIpc) is 2.89. The highest BCUT2D eigenvalue weighted by molar-refractivity contribution is 5.26. The molecule has 1 N–H and O–H groups in total. The minimum atomic E-state index is -0.00239. The van der Waals surface area contributed by atoms with Gasteiger partial charge in [-0.25, -0.2) is 0 Å². The maximum atomic E-state index is 9.53. The molecule has 1 aliphatic heterocycles. The Balaban J connectivity index is 2.18. The van der Waals surface area contributed by atoms with Crippen LogP contribution in [0.25, 0.3) is 0 Å². The van der Waals surface area contributed by atoms with Crippen molar-refractivity contribution < 1.29 is 9.84 Å². The lowest BCUT2D eigenvalue weighted by molar-refractivity contribution is -0.0233. The number of nitrogens with zero attached hydrogens (tertiary/aromatic N) is 2. The molecule has 1 unspecified atom stereocenters. The van der Waals surface area contributed by atoms with E-state index in [2.05, 4.69) is 37.5 Å². The SMILES string of the molecule is CCc1nn(CC2CCC(C)(C)O2)c(CC)c1CO. The molecular formula is C15H26N2O2. The lowest BCUT2D eigenvalue weighted by Crippen LogP contribution is -2.24. The summed E-state index contributed by atoms with van der Waals surface area (Å²) in [6, 6.07) is 0. The van der Waals surface area contributed by atoms with E-state index in [1.807, 2.05) is 0 Å². The van der Waals surface area contributed by atoms with Gasteiger partial charge in [-0.05, 0) is 39.5 Å². The largest absolute Gasteiger partial charge is 0.392 e. The molecule has 0 aliphatic carbocycles. The summed E-state index contributed by atoms with van der Waals surface area (Å²) in [6.07, 6.45) is 4.21. The average molecular weight is 266 g/mol.